The molecule has 100 valence electrons. The van der Waals surface area contributed by atoms with Crippen LogP contribution in [0, 0.1) is 5.41 Å². The van der Waals surface area contributed by atoms with Crippen LogP contribution in [0.5, 0.6) is 0 Å². The molecule has 1 aliphatic rings. The van der Waals surface area contributed by atoms with E-state index >= 15 is 0 Å². The number of nitrogens with zero attached hydrogens (tertiary/aromatic N) is 2. The molecule has 3 nitrogen and oxygen atoms in total. The van der Waals surface area contributed by atoms with Crippen molar-refractivity contribution < 1.29 is 0 Å². The Morgan fingerprint density at radius 3 is 2.74 bits per heavy atom. The minimum absolute atomic E-state index is 0.0682. The summed E-state index contributed by atoms with van der Waals surface area (Å²) in [5.41, 5.74) is 1.02. The molecule has 3 rings (SSSR count). The van der Waals surface area contributed by atoms with E-state index in [2.05, 4.69) is 17.6 Å². The molecule has 0 atom stereocenters. The normalized spacial score (nSPS) is 17.9. The fourth-order valence-corrected chi connectivity index (χ4v) is 3.49. The average molecular weight is 274 g/mol. The number of hydrogen-bond acceptors (Lipinski definition) is 3. The van der Waals surface area contributed by atoms with Gasteiger partial charge in [0.1, 0.15) is 0 Å². The second-order valence-electron chi connectivity index (χ2n) is 5.56. The van der Waals surface area contributed by atoms with Crippen LogP contribution < -0.4 is 5.56 Å². The zero-order valence-electron chi connectivity index (χ0n) is 10.9. The molecule has 0 unspecified atom stereocenters. The lowest BCUT2D eigenvalue weighted by atomic mass is 9.88. The first-order valence-electron chi connectivity index (χ1n) is 6.79. The molecule has 1 aliphatic carbocycles. The maximum atomic E-state index is 12.5. The molecular weight excluding hydrogens is 256 g/mol. The first-order valence-corrected chi connectivity index (χ1v) is 7.42. The van der Waals surface area contributed by atoms with Crippen LogP contribution in [0.4, 0.5) is 0 Å². The Labute approximate surface area is 118 Å². The summed E-state index contributed by atoms with van der Waals surface area (Å²) in [6.07, 6.45) is 6.51. The molecular formula is C15H18N2OS. The van der Waals surface area contributed by atoms with Crippen LogP contribution in [0.25, 0.3) is 10.9 Å². The Morgan fingerprint density at radius 2 is 2.00 bits per heavy atom. The summed E-state index contributed by atoms with van der Waals surface area (Å²) in [7, 11) is 0. The summed E-state index contributed by atoms with van der Waals surface area (Å²) in [5, 5.41) is 0.706. The molecule has 0 aliphatic heterocycles. The number of para-hydroxylation sites is 1. The third-order valence-corrected chi connectivity index (χ3v) is 4.91. The fourth-order valence-electron chi connectivity index (χ4n) is 3.07. The monoisotopic (exact) mass is 274 g/mol. The number of aromatic nitrogens is 2. The largest absolute Gasteiger partial charge is 0.298 e. The summed E-state index contributed by atoms with van der Waals surface area (Å²) in [5.74, 6) is 0.840. The molecule has 19 heavy (non-hydrogen) atoms. The van der Waals surface area contributed by atoms with Crippen molar-refractivity contribution in [1.82, 2.24) is 9.55 Å². The summed E-state index contributed by atoms with van der Waals surface area (Å²) in [4.78, 5) is 16.9. The Balaban J connectivity index is 2.01. The van der Waals surface area contributed by atoms with Gasteiger partial charge in [0.2, 0.25) is 0 Å². The van der Waals surface area contributed by atoms with Gasteiger partial charge in [-0.05, 0) is 36.1 Å². The number of hydrogen-bond donors (Lipinski definition) is 1. The van der Waals surface area contributed by atoms with Crippen molar-refractivity contribution in [2.45, 2.75) is 32.2 Å². The van der Waals surface area contributed by atoms with E-state index in [-0.39, 0.29) is 11.0 Å². The van der Waals surface area contributed by atoms with Gasteiger partial charge in [0.25, 0.3) is 5.56 Å². The summed E-state index contributed by atoms with van der Waals surface area (Å²) in [6, 6.07) is 7.53. The molecule has 0 radical (unpaired) electrons. The molecule has 1 fully saturated rings. The Kier molecular flexibility index (Phi) is 3.35. The van der Waals surface area contributed by atoms with E-state index < -0.39 is 0 Å². The topological polar surface area (TPSA) is 34.9 Å². The fraction of sp³-hybridized carbons (Fsp3) is 0.467. The van der Waals surface area contributed by atoms with E-state index in [1.165, 1.54) is 12.8 Å². The van der Waals surface area contributed by atoms with E-state index in [0.29, 0.717) is 5.39 Å². The molecule has 0 spiro atoms. The van der Waals surface area contributed by atoms with Crippen molar-refractivity contribution in [2.75, 3.05) is 5.75 Å². The molecule has 2 aromatic rings. The highest BCUT2D eigenvalue weighted by atomic mass is 32.1. The maximum Gasteiger partial charge on any atom is 0.261 e. The van der Waals surface area contributed by atoms with Crippen molar-refractivity contribution in [3.8, 4) is 0 Å². The number of fused-ring (bicyclic) bond motifs is 1. The van der Waals surface area contributed by atoms with Crippen molar-refractivity contribution >= 4 is 23.5 Å². The molecule has 0 saturated heterocycles. The van der Waals surface area contributed by atoms with Crippen LogP contribution in [-0.4, -0.2) is 15.3 Å². The highest BCUT2D eigenvalue weighted by Crippen LogP contribution is 2.40. The van der Waals surface area contributed by atoms with Crippen molar-refractivity contribution in [1.29, 1.82) is 0 Å². The lowest BCUT2D eigenvalue weighted by molar-refractivity contribution is 0.286. The highest BCUT2D eigenvalue weighted by molar-refractivity contribution is 7.80. The number of benzene rings is 1. The molecule has 1 aromatic carbocycles. The van der Waals surface area contributed by atoms with E-state index in [4.69, 9.17) is 0 Å². The van der Waals surface area contributed by atoms with Crippen molar-refractivity contribution in [2.24, 2.45) is 5.41 Å². The standard InChI is InChI=1S/C15H18N2OS/c18-14-12-5-1-2-6-13(12)16-11-17(14)9-15(10-19)7-3-4-8-15/h1-2,5-6,11,19H,3-4,7-10H2. The van der Waals surface area contributed by atoms with E-state index in [9.17, 15) is 4.79 Å². The third-order valence-electron chi connectivity index (χ3n) is 4.24. The van der Waals surface area contributed by atoms with Crippen LogP contribution in [0.1, 0.15) is 25.7 Å². The van der Waals surface area contributed by atoms with Gasteiger partial charge < -0.3 is 0 Å². The smallest absolute Gasteiger partial charge is 0.261 e. The van der Waals surface area contributed by atoms with E-state index in [1.807, 2.05) is 24.3 Å². The quantitative estimate of drug-likeness (QED) is 0.873. The molecule has 0 N–H and O–H groups in total. The third kappa shape index (κ3) is 2.29. The number of rotatable bonds is 3. The van der Waals surface area contributed by atoms with Crippen LogP contribution in [-0.2, 0) is 6.54 Å². The Bertz CT molecular complexity index is 644. The highest BCUT2D eigenvalue weighted by Gasteiger charge is 2.33. The van der Waals surface area contributed by atoms with E-state index in [1.54, 1.807) is 10.9 Å². The minimum Gasteiger partial charge on any atom is -0.298 e. The van der Waals surface area contributed by atoms with Gasteiger partial charge in [0.05, 0.1) is 17.2 Å². The molecule has 1 aromatic heterocycles. The van der Waals surface area contributed by atoms with Gasteiger partial charge in [-0.3, -0.25) is 9.36 Å². The average Bonchev–Trinajstić information content (AvgIpc) is 2.92. The number of thiol groups is 1. The van der Waals surface area contributed by atoms with Gasteiger partial charge in [-0.25, -0.2) is 4.98 Å². The minimum atomic E-state index is 0.0682. The summed E-state index contributed by atoms with van der Waals surface area (Å²) < 4.78 is 1.77. The second kappa shape index (κ2) is 5.00. The lowest BCUT2D eigenvalue weighted by Crippen LogP contribution is -2.32. The lowest BCUT2D eigenvalue weighted by Gasteiger charge is -2.27. The van der Waals surface area contributed by atoms with Crippen molar-refractivity contribution in [3.63, 3.8) is 0 Å². The van der Waals surface area contributed by atoms with E-state index in [0.717, 1.165) is 30.7 Å². The van der Waals surface area contributed by atoms with Crippen LogP contribution in [0.2, 0.25) is 0 Å². The first kappa shape index (κ1) is 12.7. The van der Waals surface area contributed by atoms with Crippen molar-refractivity contribution in [3.05, 3.63) is 40.9 Å². The van der Waals surface area contributed by atoms with Gasteiger partial charge >= 0.3 is 0 Å². The van der Waals surface area contributed by atoms with Gasteiger partial charge in [0, 0.05) is 6.54 Å². The Hall–Kier alpha value is -1.29. The Morgan fingerprint density at radius 1 is 1.26 bits per heavy atom. The second-order valence-corrected chi connectivity index (χ2v) is 5.88. The molecule has 0 amide bonds. The predicted octanol–water partition coefficient (Wildman–Crippen LogP) is 2.89. The zero-order valence-corrected chi connectivity index (χ0v) is 11.8. The first-order chi connectivity index (χ1) is 9.24. The van der Waals surface area contributed by atoms with Crippen LogP contribution >= 0.6 is 12.6 Å². The zero-order chi connectivity index (χ0) is 13.3. The molecule has 1 saturated carbocycles. The molecule has 0 bridgehead atoms. The predicted molar refractivity (Wildman–Crippen MR) is 80.8 cm³/mol. The molecule has 4 heteroatoms. The molecule has 1 heterocycles. The van der Waals surface area contributed by atoms with Gasteiger partial charge in [-0.2, -0.15) is 12.6 Å². The maximum absolute atomic E-state index is 12.5. The van der Waals surface area contributed by atoms with Crippen LogP contribution in [0.3, 0.4) is 0 Å². The SMILES string of the molecule is O=c1c2ccccc2ncn1CC1(CS)CCCC1. The summed E-state index contributed by atoms with van der Waals surface area (Å²) in [6.45, 7) is 0.743. The summed E-state index contributed by atoms with van der Waals surface area (Å²) >= 11 is 4.50. The van der Waals surface area contributed by atoms with Gasteiger partial charge in [-0.1, -0.05) is 25.0 Å². The van der Waals surface area contributed by atoms with Gasteiger partial charge in [0.15, 0.2) is 0 Å². The van der Waals surface area contributed by atoms with Gasteiger partial charge in [-0.15, -0.1) is 0 Å². The van der Waals surface area contributed by atoms with Crippen LogP contribution in [0.15, 0.2) is 35.4 Å².